The standard InChI is InChI=1S/C12H13N3O2S/c1-15(2)8-5-3-4-7(6-8)11-14-9(12(16)17)10(13)18-11/h3-6H,13H2,1-2H3,(H,16,17). The van der Waals surface area contributed by atoms with Gasteiger partial charge >= 0.3 is 5.97 Å². The first kappa shape index (κ1) is 12.4. The molecule has 0 saturated heterocycles. The van der Waals surface area contributed by atoms with E-state index in [0.717, 1.165) is 11.3 Å². The summed E-state index contributed by atoms with van der Waals surface area (Å²) in [5.41, 5.74) is 7.46. The SMILES string of the molecule is CN(C)c1cccc(-c2nc(C(=O)O)c(N)s2)c1. The third kappa shape index (κ3) is 2.28. The molecule has 3 N–H and O–H groups in total. The number of thiazole rings is 1. The van der Waals surface area contributed by atoms with Crippen LogP contribution in [0.5, 0.6) is 0 Å². The normalized spacial score (nSPS) is 10.3. The van der Waals surface area contributed by atoms with Gasteiger partial charge in [0.05, 0.1) is 0 Å². The van der Waals surface area contributed by atoms with Crippen molar-refractivity contribution in [1.29, 1.82) is 0 Å². The van der Waals surface area contributed by atoms with E-state index < -0.39 is 5.97 Å². The van der Waals surface area contributed by atoms with Crippen molar-refractivity contribution in [2.45, 2.75) is 0 Å². The lowest BCUT2D eigenvalue weighted by molar-refractivity contribution is 0.0692. The second kappa shape index (κ2) is 4.66. The Labute approximate surface area is 108 Å². The Hall–Kier alpha value is -2.08. The summed E-state index contributed by atoms with van der Waals surface area (Å²) in [5, 5.41) is 9.77. The smallest absolute Gasteiger partial charge is 0.357 e. The van der Waals surface area contributed by atoms with Crippen LogP contribution < -0.4 is 10.6 Å². The molecule has 0 saturated carbocycles. The van der Waals surface area contributed by atoms with Gasteiger partial charge in [-0.25, -0.2) is 9.78 Å². The molecule has 0 atom stereocenters. The highest BCUT2D eigenvalue weighted by molar-refractivity contribution is 7.19. The van der Waals surface area contributed by atoms with E-state index in [1.165, 1.54) is 11.3 Å². The van der Waals surface area contributed by atoms with Crippen LogP contribution >= 0.6 is 11.3 Å². The monoisotopic (exact) mass is 263 g/mol. The molecule has 1 aromatic heterocycles. The quantitative estimate of drug-likeness (QED) is 0.887. The van der Waals surface area contributed by atoms with Gasteiger partial charge in [0, 0.05) is 25.3 Å². The zero-order valence-corrected chi connectivity index (χ0v) is 10.9. The van der Waals surface area contributed by atoms with Gasteiger partial charge in [-0.1, -0.05) is 23.5 Å². The number of hydrogen-bond donors (Lipinski definition) is 2. The van der Waals surface area contributed by atoms with E-state index in [4.69, 9.17) is 10.8 Å². The number of aromatic nitrogens is 1. The summed E-state index contributed by atoms with van der Waals surface area (Å²) >= 11 is 1.18. The number of nitrogens with zero attached hydrogens (tertiary/aromatic N) is 2. The van der Waals surface area contributed by atoms with Crippen LogP contribution in [0, 0.1) is 0 Å². The number of benzene rings is 1. The van der Waals surface area contributed by atoms with Gasteiger partial charge < -0.3 is 15.7 Å². The van der Waals surface area contributed by atoms with E-state index in [9.17, 15) is 4.79 Å². The number of nitrogen functional groups attached to an aromatic ring is 1. The summed E-state index contributed by atoms with van der Waals surface area (Å²) < 4.78 is 0. The Morgan fingerprint density at radius 3 is 2.72 bits per heavy atom. The second-order valence-corrected chi connectivity index (χ2v) is 5.01. The fraction of sp³-hybridized carbons (Fsp3) is 0.167. The van der Waals surface area contributed by atoms with Gasteiger partial charge in [0.25, 0.3) is 0 Å². The minimum Gasteiger partial charge on any atom is -0.476 e. The number of nitrogens with two attached hydrogens (primary N) is 1. The minimum absolute atomic E-state index is 0.0785. The molecule has 0 aliphatic carbocycles. The summed E-state index contributed by atoms with van der Waals surface area (Å²) in [7, 11) is 3.88. The molecular weight excluding hydrogens is 250 g/mol. The maximum Gasteiger partial charge on any atom is 0.357 e. The van der Waals surface area contributed by atoms with Crippen molar-refractivity contribution in [3.8, 4) is 10.6 Å². The zero-order chi connectivity index (χ0) is 13.3. The Morgan fingerprint density at radius 1 is 1.44 bits per heavy atom. The average Bonchev–Trinajstić information content (AvgIpc) is 2.71. The molecule has 5 nitrogen and oxygen atoms in total. The molecule has 2 rings (SSSR count). The van der Waals surface area contributed by atoms with Crippen molar-refractivity contribution in [2.24, 2.45) is 0 Å². The number of anilines is 2. The largest absolute Gasteiger partial charge is 0.476 e. The van der Waals surface area contributed by atoms with Crippen LogP contribution in [0.2, 0.25) is 0 Å². The highest BCUT2D eigenvalue weighted by Crippen LogP contribution is 2.31. The van der Waals surface area contributed by atoms with Gasteiger partial charge in [0.15, 0.2) is 5.69 Å². The first-order chi connectivity index (χ1) is 8.49. The Bertz CT molecular complexity index is 593. The predicted octanol–water partition coefficient (Wildman–Crippen LogP) is 2.16. The lowest BCUT2D eigenvalue weighted by Gasteiger charge is -2.12. The maximum absolute atomic E-state index is 10.9. The molecule has 0 amide bonds. The summed E-state index contributed by atoms with van der Waals surface area (Å²) in [6, 6.07) is 7.71. The van der Waals surface area contributed by atoms with E-state index in [1.807, 2.05) is 43.3 Å². The van der Waals surface area contributed by atoms with Crippen LogP contribution in [-0.2, 0) is 0 Å². The van der Waals surface area contributed by atoms with Gasteiger partial charge in [-0.15, -0.1) is 0 Å². The number of carbonyl (C=O) groups is 1. The Kier molecular flexibility index (Phi) is 3.20. The topological polar surface area (TPSA) is 79.5 Å². The van der Waals surface area contributed by atoms with E-state index in [-0.39, 0.29) is 10.7 Å². The van der Waals surface area contributed by atoms with Crippen LogP contribution in [-0.4, -0.2) is 30.2 Å². The van der Waals surface area contributed by atoms with Crippen LogP contribution in [0.15, 0.2) is 24.3 Å². The molecular formula is C12H13N3O2S. The summed E-state index contributed by atoms with van der Waals surface area (Å²) in [4.78, 5) is 16.9. The molecule has 0 unspecified atom stereocenters. The number of carboxylic acids is 1. The average molecular weight is 263 g/mol. The summed E-state index contributed by atoms with van der Waals surface area (Å²) in [6.07, 6.45) is 0. The lowest BCUT2D eigenvalue weighted by Crippen LogP contribution is -2.08. The fourth-order valence-electron chi connectivity index (χ4n) is 1.53. The maximum atomic E-state index is 10.9. The van der Waals surface area contributed by atoms with Gasteiger partial charge in [-0.2, -0.15) is 0 Å². The number of carboxylic acid groups (broad SMARTS) is 1. The molecule has 6 heteroatoms. The van der Waals surface area contributed by atoms with Crippen LogP contribution in [0.25, 0.3) is 10.6 Å². The van der Waals surface area contributed by atoms with Gasteiger partial charge in [0.1, 0.15) is 10.0 Å². The molecule has 0 radical (unpaired) electrons. The third-order valence-electron chi connectivity index (χ3n) is 2.47. The zero-order valence-electron chi connectivity index (χ0n) is 10.0. The molecule has 94 valence electrons. The van der Waals surface area contributed by atoms with Crippen LogP contribution in [0.3, 0.4) is 0 Å². The van der Waals surface area contributed by atoms with Crippen molar-refractivity contribution in [3.05, 3.63) is 30.0 Å². The molecule has 0 bridgehead atoms. The minimum atomic E-state index is -1.10. The van der Waals surface area contributed by atoms with Crippen molar-refractivity contribution in [2.75, 3.05) is 24.7 Å². The van der Waals surface area contributed by atoms with Gasteiger partial charge in [-0.05, 0) is 12.1 Å². The van der Waals surface area contributed by atoms with Crippen molar-refractivity contribution < 1.29 is 9.90 Å². The number of hydrogen-bond acceptors (Lipinski definition) is 5. The molecule has 0 fully saturated rings. The Morgan fingerprint density at radius 2 is 2.17 bits per heavy atom. The summed E-state index contributed by atoms with van der Waals surface area (Å²) in [5.74, 6) is -1.10. The molecule has 0 aliphatic heterocycles. The number of aromatic carboxylic acids is 1. The van der Waals surface area contributed by atoms with Crippen molar-refractivity contribution in [3.63, 3.8) is 0 Å². The van der Waals surface area contributed by atoms with E-state index in [1.54, 1.807) is 0 Å². The van der Waals surface area contributed by atoms with Crippen molar-refractivity contribution in [1.82, 2.24) is 4.98 Å². The third-order valence-corrected chi connectivity index (χ3v) is 3.40. The second-order valence-electron chi connectivity index (χ2n) is 3.98. The molecule has 0 spiro atoms. The Balaban J connectivity index is 2.45. The summed E-state index contributed by atoms with van der Waals surface area (Å²) in [6.45, 7) is 0. The molecule has 18 heavy (non-hydrogen) atoms. The highest BCUT2D eigenvalue weighted by atomic mass is 32.1. The first-order valence-corrected chi connectivity index (χ1v) is 6.08. The van der Waals surface area contributed by atoms with E-state index in [2.05, 4.69) is 4.98 Å². The first-order valence-electron chi connectivity index (χ1n) is 5.26. The van der Waals surface area contributed by atoms with E-state index >= 15 is 0 Å². The van der Waals surface area contributed by atoms with E-state index in [0.29, 0.717) is 5.01 Å². The molecule has 1 heterocycles. The molecule has 2 aromatic rings. The predicted molar refractivity (Wildman–Crippen MR) is 73.2 cm³/mol. The lowest BCUT2D eigenvalue weighted by atomic mass is 10.2. The van der Waals surface area contributed by atoms with Gasteiger partial charge in [0.2, 0.25) is 0 Å². The van der Waals surface area contributed by atoms with Crippen LogP contribution in [0.1, 0.15) is 10.5 Å². The highest BCUT2D eigenvalue weighted by Gasteiger charge is 2.16. The van der Waals surface area contributed by atoms with Crippen LogP contribution in [0.4, 0.5) is 10.7 Å². The molecule has 0 aliphatic rings. The van der Waals surface area contributed by atoms with Crippen molar-refractivity contribution >= 4 is 28.0 Å². The molecule has 1 aromatic carbocycles. The fourth-order valence-corrected chi connectivity index (χ4v) is 2.35. The number of rotatable bonds is 3. The van der Waals surface area contributed by atoms with Gasteiger partial charge in [-0.3, -0.25) is 0 Å².